The first-order valence-electron chi connectivity index (χ1n) is 28.3. The summed E-state index contributed by atoms with van der Waals surface area (Å²) in [4.78, 5) is 38.1. The largest absolute Gasteiger partial charge is 0.462 e. The zero-order valence-electron chi connectivity index (χ0n) is 45.4. The Hall–Kier alpha value is -4.71. The maximum Gasteiger partial charge on any atom is 0.306 e. The van der Waals surface area contributed by atoms with Gasteiger partial charge in [0.2, 0.25) is 0 Å². The normalized spacial score (nSPS) is 13.2. The SMILES string of the molecule is CC/C=C\C/C=C\C/C=C\C/C=C\C/C=C\C/C=C\CCCCC(=O)OCC(COC(=O)CCCCC/C=C\C/C=C\C/C=C\CC)OC(=O)CCCCCCCC/C=C\C/C=C\C/C=C\CCCCC. The lowest BCUT2D eigenvalue weighted by Gasteiger charge is -2.18. The molecule has 0 fully saturated rings. The smallest absolute Gasteiger partial charge is 0.306 e. The fourth-order valence-corrected chi connectivity index (χ4v) is 7.11. The molecule has 1 unspecified atom stereocenters. The van der Waals surface area contributed by atoms with E-state index in [1.807, 2.05) is 0 Å². The van der Waals surface area contributed by atoms with Crippen LogP contribution in [-0.2, 0) is 28.6 Å². The molecule has 0 aromatic heterocycles. The number of carbonyl (C=O) groups excluding carboxylic acids is 3. The van der Waals surface area contributed by atoms with E-state index in [-0.39, 0.29) is 37.5 Å². The lowest BCUT2D eigenvalue weighted by Crippen LogP contribution is -2.30. The number of ether oxygens (including phenoxy) is 3. The van der Waals surface area contributed by atoms with Gasteiger partial charge in [-0.3, -0.25) is 14.4 Å². The first kappa shape index (κ1) is 66.3. The zero-order valence-corrected chi connectivity index (χ0v) is 45.4. The molecule has 0 rings (SSSR count). The van der Waals surface area contributed by atoms with Crippen LogP contribution in [-0.4, -0.2) is 37.2 Å². The van der Waals surface area contributed by atoms with Gasteiger partial charge in [-0.25, -0.2) is 0 Å². The van der Waals surface area contributed by atoms with Crippen molar-refractivity contribution in [2.45, 2.75) is 232 Å². The molecule has 0 saturated carbocycles. The van der Waals surface area contributed by atoms with Crippen molar-refractivity contribution in [2.24, 2.45) is 0 Å². The van der Waals surface area contributed by atoms with Gasteiger partial charge < -0.3 is 14.2 Å². The summed E-state index contributed by atoms with van der Waals surface area (Å²) < 4.78 is 16.8. The molecule has 0 aliphatic carbocycles. The highest BCUT2D eigenvalue weighted by Crippen LogP contribution is 2.12. The predicted octanol–water partition coefficient (Wildman–Crippen LogP) is 19.2. The highest BCUT2D eigenvalue weighted by atomic mass is 16.6. The van der Waals surface area contributed by atoms with Crippen LogP contribution in [0.3, 0.4) is 0 Å². The van der Waals surface area contributed by atoms with Gasteiger partial charge in [0.1, 0.15) is 13.2 Å². The maximum absolute atomic E-state index is 12.9. The lowest BCUT2D eigenvalue weighted by molar-refractivity contribution is -0.167. The van der Waals surface area contributed by atoms with Crippen molar-refractivity contribution in [1.29, 1.82) is 0 Å². The molecular formula is C65H102O6. The number of hydrogen-bond donors (Lipinski definition) is 0. The molecule has 0 N–H and O–H groups in total. The molecular weight excluding hydrogens is 877 g/mol. The molecule has 0 aliphatic rings. The van der Waals surface area contributed by atoms with Crippen LogP contribution in [0.4, 0.5) is 0 Å². The molecule has 398 valence electrons. The van der Waals surface area contributed by atoms with Crippen LogP contribution in [0, 0.1) is 0 Å². The number of unbranched alkanes of at least 4 members (excludes halogenated alkanes) is 14. The van der Waals surface area contributed by atoms with Gasteiger partial charge in [-0.15, -0.1) is 0 Å². The first-order valence-corrected chi connectivity index (χ1v) is 28.3. The average molecular weight is 980 g/mol. The monoisotopic (exact) mass is 979 g/mol. The second-order valence-corrected chi connectivity index (χ2v) is 18.1. The van der Waals surface area contributed by atoms with E-state index in [0.29, 0.717) is 19.3 Å². The number of allylic oxidation sites excluding steroid dienone is 24. The lowest BCUT2D eigenvalue weighted by atomic mass is 10.1. The highest BCUT2D eigenvalue weighted by Gasteiger charge is 2.19. The third kappa shape index (κ3) is 56.1. The van der Waals surface area contributed by atoms with E-state index in [1.54, 1.807) is 0 Å². The predicted molar refractivity (Wildman–Crippen MR) is 306 cm³/mol. The zero-order chi connectivity index (χ0) is 51.4. The molecule has 0 bridgehead atoms. The summed E-state index contributed by atoms with van der Waals surface area (Å²) in [7, 11) is 0. The van der Waals surface area contributed by atoms with Gasteiger partial charge in [0.05, 0.1) is 0 Å². The fraction of sp³-hybridized carbons (Fsp3) is 0.585. The van der Waals surface area contributed by atoms with Crippen molar-refractivity contribution in [1.82, 2.24) is 0 Å². The molecule has 0 heterocycles. The highest BCUT2D eigenvalue weighted by molar-refractivity contribution is 5.71. The Morgan fingerprint density at radius 1 is 0.296 bits per heavy atom. The molecule has 0 radical (unpaired) electrons. The van der Waals surface area contributed by atoms with Crippen LogP contribution >= 0.6 is 0 Å². The Kier molecular flexibility index (Phi) is 54.0. The molecule has 0 aromatic carbocycles. The number of esters is 3. The van der Waals surface area contributed by atoms with E-state index < -0.39 is 6.10 Å². The summed E-state index contributed by atoms with van der Waals surface area (Å²) in [6, 6.07) is 0. The van der Waals surface area contributed by atoms with Crippen LogP contribution in [0.5, 0.6) is 0 Å². The standard InChI is InChI=1S/C65H102O6/c1-4-7-10-13-16-19-22-25-27-29-31-32-34-35-37-40-43-46-49-52-55-58-64(67)70-61-62(60-69-63(66)57-54-51-48-45-42-39-24-21-18-15-12-9-6-3)71-65(68)59-56-53-50-47-44-41-38-36-33-30-28-26-23-20-17-14-11-8-5-2/h7,9-10,12,16-21,25-28,31-33,35-37,39,42-43,46,62H,4-6,8,11,13-15,22-24,29-30,34,38,40-41,44-45,47-61H2,1-3H3/b10-7-,12-9-,19-16-,20-17-,21-18-,27-25-,28-26-,32-31-,36-33-,37-35-,42-39-,46-43-. The van der Waals surface area contributed by atoms with Crippen LogP contribution in [0.25, 0.3) is 0 Å². The van der Waals surface area contributed by atoms with Gasteiger partial charge in [-0.05, 0) is 141 Å². The molecule has 0 spiro atoms. The van der Waals surface area contributed by atoms with Crippen LogP contribution in [0.1, 0.15) is 226 Å². The van der Waals surface area contributed by atoms with Gasteiger partial charge in [-0.1, -0.05) is 212 Å². The minimum absolute atomic E-state index is 0.119. The van der Waals surface area contributed by atoms with Crippen LogP contribution in [0.2, 0.25) is 0 Å². The van der Waals surface area contributed by atoms with E-state index in [0.717, 1.165) is 141 Å². The van der Waals surface area contributed by atoms with E-state index >= 15 is 0 Å². The summed E-state index contributed by atoms with van der Waals surface area (Å²) >= 11 is 0. The summed E-state index contributed by atoms with van der Waals surface area (Å²) in [6.07, 6.45) is 82.6. The minimum atomic E-state index is -0.822. The average Bonchev–Trinajstić information content (AvgIpc) is 3.37. The Morgan fingerprint density at radius 2 is 0.549 bits per heavy atom. The molecule has 0 amide bonds. The topological polar surface area (TPSA) is 78.9 Å². The Morgan fingerprint density at radius 3 is 0.901 bits per heavy atom. The second kappa shape index (κ2) is 57.9. The van der Waals surface area contributed by atoms with Gasteiger partial charge in [0.15, 0.2) is 6.10 Å². The fourth-order valence-electron chi connectivity index (χ4n) is 7.11. The van der Waals surface area contributed by atoms with Crippen LogP contribution < -0.4 is 0 Å². The Bertz CT molecular complexity index is 1590. The second-order valence-electron chi connectivity index (χ2n) is 18.1. The van der Waals surface area contributed by atoms with E-state index in [1.165, 1.54) is 38.5 Å². The van der Waals surface area contributed by atoms with Crippen molar-refractivity contribution in [3.05, 3.63) is 146 Å². The molecule has 6 nitrogen and oxygen atoms in total. The van der Waals surface area contributed by atoms with Gasteiger partial charge in [0, 0.05) is 19.3 Å². The quantitative estimate of drug-likeness (QED) is 0.0262. The molecule has 0 saturated heterocycles. The van der Waals surface area contributed by atoms with Crippen molar-refractivity contribution in [3.63, 3.8) is 0 Å². The number of carbonyl (C=O) groups is 3. The van der Waals surface area contributed by atoms with Crippen LogP contribution in [0.15, 0.2) is 146 Å². The molecule has 6 heteroatoms. The molecule has 1 atom stereocenters. The van der Waals surface area contributed by atoms with Gasteiger partial charge >= 0.3 is 17.9 Å². The Labute approximate surface area is 436 Å². The van der Waals surface area contributed by atoms with Gasteiger partial charge in [0.25, 0.3) is 0 Å². The first-order chi connectivity index (χ1) is 35.0. The molecule has 71 heavy (non-hydrogen) atoms. The van der Waals surface area contributed by atoms with E-state index in [4.69, 9.17) is 14.2 Å². The summed E-state index contributed by atoms with van der Waals surface area (Å²) in [6.45, 7) is 6.29. The third-order valence-electron chi connectivity index (χ3n) is 11.3. The van der Waals surface area contributed by atoms with Crippen molar-refractivity contribution < 1.29 is 28.6 Å². The third-order valence-corrected chi connectivity index (χ3v) is 11.3. The maximum atomic E-state index is 12.9. The number of rotatable bonds is 49. The molecule has 0 aliphatic heterocycles. The molecule has 0 aromatic rings. The Balaban J connectivity index is 4.54. The van der Waals surface area contributed by atoms with Crippen molar-refractivity contribution in [3.8, 4) is 0 Å². The minimum Gasteiger partial charge on any atom is -0.462 e. The summed E-state index contributed by atoms with van der Waals surface area (Å²) in [5.74, 6) is -1.01. The summed E-state index contributed by atoms with van der Waals surface area (Å²) in [5.41, 5.74) is 0. The number of hydrogen-bond acceptors (Lipinski definition) is 6. The van der Waals surface area contributed by atoms with E-state index in [2.05, 4.69) is 167 Å². The van der Waals surface area contributed by atoms with Crippen molar-refractivity contribution >= 4 is 17.9 Å². The van der Waals surface area contributed by atoms with E-state index in [9.17, 15) is 14.4 Å². The van der Waals surface area contributed by atoms with Gasteiger partial charge in [-0.2, -0.15) is 0 Å². The summed E-state index contributed by atoms with van der Waals surface area (Å²) in [5, 5.41) is 0. The van der Waals surface area contributed by atoms with Crippen molar-refractivity contribution in [2.75, 3.05) is 13.2 Å².